The molecule has 0 fully saturated rings. The Morgan fingerprint density at radius 2 is 1.34 bits per heavy atom. The van der Waals surface area contributed by atoms with Crippen molar-refractivity contribution >= 4 is 34.2 Å². The van der Waals surface area contributed by atoms with Crippen LogP contribution in [0.15, 0.2) is 72.8 Å². The van der Waals surface area contributed by atoms with E-state index < -0.39 is 0 Å². The Morgan fingerprint density at radius 1 is 0.756 bits per heavy atom. The predicted octanol–water partition coefficient (Wildman–Crippen LogP) is 5.21. The lowest BCUT2D eigenvalue weighted by Crippen LogP contribution is -2.42. The van der Waals surface area contributed by atoms with Gasteiger partial charge in [0.2, 0.25) is 5.75 Å². The highest BCUT2D eigenvalue weighted by Crippen LogP contribution is 2.39. The fourth-order valence-electron chi connectivity index (χ4n) is 5.14. The molecule has 5 rings (SSSR count). The average Bonchev–Trinajstić information content (AvgIpc) is 3.02. The molecule has 0 aromatic heterocycles. The maximum absolute atomic E-state index is 13.9. The van der Waals surface area contributed by atoms with Crippen LogP contribution in [0.3, 0.4) is 0 Å². The Hall–Kier alpha value is -5.05. The highest BCUT2D eigenvalue weighted by Gasteiger charge is 2.32. The summed E-state index contributed by atoms with van der Waals surface area (Å²) in [6.45, 7) is 0.363. The number of ether oxygens (including phenoxy) is 4. The number of nitrogens with zero attached hydrogens (tertiary/aromatic N) is 2. The SMILES string of the molecule is COc1ccc(N(CCCN2C(=O)c3cccc4cccc(c34)C2=O)C(=O)c2cc(OC)c(OC)c(OC)c2)cc1. The molecule has 0 saturated heterocycles. The molecule has 210 valence electrons. The van der Waals surface area contributed by atoms with Crippen molar-refractivity contribution in [2.24, 2.45) is 0 Å². The zero-order chi connectivity index (χ0) is 29.1. The molecule has 0 N–H and O–H groups in total. The molecule has 0 saturated carbocycles. The van der Waals surface area contributed by atoms with Gasteiger partial charge in [-0.15, -0.1) is 0 Å². The molecule has 0 unspecified atom stereocenters. The van der Waals surface area contributed by atoms with Crippen LogP contribution in [0, 0.1) is 0 Å². The Kier molecular flexibility index (Phi) is 7.78. The molecule has 4 aromatic rings. The van der Waals surface area contributed by atoms with E-state index in [1.54, 1.807) is 60.5 Å². The summed E-state index contributed by atoms with van der Waals surface area (Å²) in [6.07, 6.45) is 0.345. The number of carbonyl (C=O) groups excluding carboxylic acids is 3. The van der Waals surface area contributed by atoms with E-state index >= 15 is 0 Å². The highest BCUT2D eigenvalue weighted by atomic mass is 16.5. The lowest BCUT2D eigenvalue weighted by molar-refractivity contribution is 0.0610. The summed E-state index contributed by atoms with van der Waals surface area (Å²) in [4.78, 5) is 43.5. The van der Waals surface area contributed by atoms with Gasteiger partial charge in [-0.05, 0) is 60.3 Å². The van der Waals surface area contributed by atoms with Crippen molar-refractivity contribution in [1.82, 2.24) is 4.90 Å². The van der Waals surface area contributed by atoms with E-state index in [1.165, 1.54) is 26.2 Å². The van der Waals surface area contributed by atoms with Crippen molar-refractivity contribution in [3.8, 4) is 23.0 Å². The summed E-state index contributed by atoms with van der Waals surface area (Å²) in [5, 5.41) is 1.53. The van der Waals surface area contributed by atoms with Crippen LogP contribution in [0.1, 0.15) is 37.5 Å². The second-order valence-electron chi connectivity index (χ2n) is 9.39. The normalized spacial score (nSPS) is 12.3. The molecule has 0 spiro atoms. The first-order valence-corrected chi connectivity index (χ1v) is 13.1. The van der Waals surface area contributed by atoms with Crippen molar-refractivity contribution in [3.63, 3.8) is 0 Å². The summed E-state index contributed by atoms with van der Waals surface area (Å²) in [5.41, 5.74) is 1.94. The minimum Gasteiger partial charge on any atom is -0.497 e. The number of benzene rings is 4. The Bertz CT molecular complexity index is 1560. The molecule has 3 amide bonds. The lowest BCUT2D eigenvalue weighted by Gasteiger charge is -2.29. The van der Waals surface area contributed by atoms with Gasteiger partial charge >= 0.3 is 0 Å². The van der Waals surface area contributed by atoms with Crippen molar-refractivity contribution in [1.29, 1.82) is 0 Å². The number of imide groups is 1. The van der Waals surface area contributed by atoms with Crippen LogP contribution >= 0.6 is 0 Å². The third-order valence-corrected chi connectivity index (χ3v) is 7.16. The quantitative estimate of drug-likeness (QED) is 0.249. The minimum absolute atomic E-state index is 0.136. The molecule has 9 heteroatoms. The van der Waals surface area contributed by atoms with Gasteiger partial charge in [0.1, 0.15) is 5.75 Å². The van der Waals surface area contributed by atoms with Crippen LogP contribution in [-0.4, -0.2) is 64.2 Å². The van der Waals surface area contributed by atoms with Crippen molar-refractivity contribution in [3.05, 3.63) is 89.5 Å². The van der Waals surface area contributed by atoms with Crippen LogP contribution in [0.2, 0.25) is 0 Å². The second-order valence-corrected chi connectivity index (χ2v) is 9.39. The zero-order valence-electron chi connectivity index (χ0n) is 23.3. The standard InChI is InChI=1S/C32H30N2O7/c1-38-23-14-12-22(13-15-23)33(30(35)21-18-26(39-2)29(41-4)27(19-21)40-3)16-7-17-34-31(36)24-10-5-8-20-9-6-11-25(28(20)24)32(34)37/h5-6,8-15,18-19H,7,16-17H2,1-4H3. The van der Waals surface area contributed by atoms with Gasteiger partial charge in [-0.1, -0.05) is 24.3 Å². The van der Waals surface area contributed by atoms with Crippen LogP contribution in [0.5, 0.6) is 23.0 Å². The van der Waals surface area contributed by atoms with Crippen molar-refractivity contribution < 1.29 is 33.3 Å². The molecule has 1 heterocycles. The number of hydrogen-bond acceptors (Lipinski definition) is 7. The largest absolute Gasteiger partial charge is 0.497 e. The van der Waals surface area contributed by atoms with Gasteiger partial charge in [-0.25, -0.2) is 0 Å². The van der Waals surface area contributed by atoms with E-state index in [-0.39, 0.29) is 30.8 Å². The van der Waals surface area contributed by atoms with E-state index in [2.05, 4.69) is 0 Å². The van der Waals surface area contributed by atoms with E-state index in [0.29, 0.717) is 57.2 Å². The molecule has 0 bridgehead atoms. The van der Waals surface area contributed by atoms with Crippen molar-refractivity contribution in [2.45, 2.75) is 6.42 Å². The molecule has 4 aromatic carbocycles. The summed E-state index contributed by atoms with van der Waals surface area (Å²) in [6, 6.07) is 21.2. The molecule has 9 nitrogen and oxygen atoms in total. The van der Waals surface area contributed by atoms with Crippen LogP contribution in [0.25, 0.3) is 10.8 Å². The van der Waals surface area contributed by atoms with E-state index in [0.717, 1.165) is 5.39 Å². The number of hydrogen-bond donors (Lipinski definition) is 0. The molecule has 0 atom stereocenters. The Labute approximate surface area is 237 Å². The van der Waals surface area contributed by atoms with E-state index in [9.17, 15) is 14.4 Å². The maximum atomic E-state index is 13.9. The van der Waals surface area contributed by atoms with Crippen LogP contribution < -0.4 is 23.8 Å². The summed E-state index contributed by atoms with van der Waals surface area (Å²) in [7, 11) is 6.03. The summed E-state index contributed by atoms with van der Waals surface area (Å²) >= 11 is 0. The molecule has 41 heavy (non-hydrogen) atoms. The number of methoxy groups -OCH3 is 4. The van der Waals surface area contributed by atoms with Crippen LogP contribution in [-0.2, 0) is 0 Å². The molecule has 0 radical (unpaired) electrons. The predicted molar refractivity (Wildman–Crippen MR) is 155 cm³/mol. The third-order valence-electron chi connectivity index (χ3n) is 7.16. The van der Waals surface area contributed by atoms with Gasteiger partial charge in [-0.2, -0.15) is 0 Å². The van der Waals surface area contributed by atoms with E-state index in [1.807, 2.05) is 24.3 Å². The van der Waals surface area contributed by atoms with Gasteiger partial charge in [0.25, 0.3) is 17.7 Å². The second kappa shape index (κ2) is 11.6. The van der Waals surface area contributed by atoms with Gasteiger partial charge in [-0.3, -0.25) is 19.3 Å². The Balaban J connectivity index is 1.43. The lowest BCUT2D eigenvalue weighted by atomic mass is 9.94. The first kappa shape index (κ1) is 27.5. The molecular weight excluding hydrogens is 524 g/mol. The number of amides is 3. The summed E-state index contributed by atoms with van der Waals surface area (Å²) in [5.74, 6) is 0.717. The van der Waals surface area contributed by atoms with Gasteiger partial charge < -0.3 is 23.8 Å². The number of anilines is 1. The Morgan fingerprint density at radius 3 is 1.85 bits per heavy atom. The molecule has 1 aliphatic heterocycles. The number of rotatable bonds is 10. The first-order chi connectivity index (χ1) is 19.9. The van der Waals surface area contributed by atoms with Gasteiger partial charge in [0.05, 0.1) is 28.4 Å². The molecule has 0 aliphatic carbocycles. The topological polar surface area (TPSA) is 94.6 Å². The smallest absolute Gasteiger partial charge is 0.261 e. The fourth-order valence-corrected chi connectivity index (χ4v) is 5.14. The maximum Gasteiger partial charge on any atom is 0.261 e. The summed E-state index contributed by atoms with van der Waals surface area (Å²) < 4.78 is 21.6. The monoisotopic (exact) mass is 554 g/mol. The minimum atomic E-state index is -0.341. The average molecular weight is 555 g/mol. The molecule has 1 aliphatic rings. The first-order valence-electron chi connectivity index (χ1n) is 13.1. The fraction of sp³-hybridized carbons (Fsp3) is 0.219. The zero-order valence-corrected chi connectivity index (χ0v) is 23.3. The van der Waals surface area contributed by atoms with E-state index in [4.69, 9.17) is 18.9 Å². The third kappa shape index (κ3) is 5.02. The number of carbonyl (C=O) groups is 3. The van der Waals surface area contributed by atoms with Gasteiger partial charge in [0, 0.05) is 40.9 Å². The molecular formula is C32H30N2O7. The van der Waals surface area contributed by atoms with Gasteiger partial charge in [0.15, 0.2) is 11.5 Å². The highest BCUT2D eigenvalue weighted by molar-refractivity contribution is 6.25. The van der Waals surface area contributed by atoms with Crippen molar-refractivity contribution in [2.75, 3.05) is 46.4 Å². The van der Waals surface area contributed by atoms with Crippen LogP contribution in [0.4, 0.5) is 5.69 Å².